The summed E-state index contributed by atoms with van der Waals surface area (Å²) in [4.78, 5) is 2.24. The average Bonchev–Trinajstić information content (AvgIpc) is 2.74. The molecule has 0 radical (unpaired) electrons. The molecule has 0 bridgehead atoms. The summed E-state index contributed by atoms with van der Waals surface area (Å²) in [6, 6.07) is 14.5. The summed E-state index contributed by atoms with van der Waals surface area (Å²) in [5.41, 5.74) is 2.91. The third kappa shape index (κ3) is 1.70. The van der Waals surface area contributed by atoms with Crippen molar-refractivity contribution in [1.29, 1.82) is 0 Å². The molecule has 0 saturated carbocycles. The molecule has 4 rings (SSSR count). The first-order valence-electron chi connectivity index (χ1n) is 7.89. The van der Waals surface area contributed by atoms with Crippen LogP contribution in [-0.4, -0.2) is 19.9 Å². The third-order valence-electron chi connectivity index (χ3n) is 5.30. The van der Waals surface area contributed by atoms with E-state index in [-0.39, 0.29) is 5.41 Å². The number of likely N-dealkylation sites (N-methyl/N-ethyl adjacent to an activating group) is 1. The van der Waals surface area contributed by atoms with Gasteiger partial charge in [-0.1, -0.05) is 18.2 Å². The summed E-state index contributed by atoms with van der Waals surface area (Å²) in [5, 5.41) is 0. The average molecular weight is 307 g/mol. The van der Waals surface area contributed by atoms with Crippen LogP contribution in [0.3, 0.4) is 0 Å². The molecule has 0 amide bonds. The van der Waals surface area contributed by atoms with Crippen LogP contribution in [0.2, 0.25) is 0 Å². The molecule has 2 aliphatic heterocycles. The van der Waals surface area contributed by atoms with Crippen molar-refractivity contribution in [2.75, 3.05) is 19.1 Å². The molecule has 0 aromatic heterocycles. The predicted molar refractivity (Wildman–Crippen MR) is 93.3 cm³/mol. The van der Waals surface area contributed by atoms with Crippen molar-refractivity contribution in [3.05, 3.63) is 59.7 Å². The number of hydrogen-bond acceptors (Lipinski definition) is 3. The summed E-state index contributed by atoms with van der Waals surface area (Å²) in [5.74, 6) is 1.73. The summed E-state index contributed by atoms with van der Waals surface area (Å²) < 4.78 is 11.9. The molecule has 0 saturated heterocycles. The molecule has 0 unspecified atom stereocenters. The molecule has 0 fully saturated rings. The molecular formula is C20H21NO2. The maximum atomic E-state index is 6.57. The smallest absolute Gasteiger partial charge is 0.211 e. The maximum absolute atomic E-state index is 6.57. The standard InChI is InChI=1S/C20H21NO2/c1-19(2)16-7-5-6-8-17(16)21(3)20(19)12-11-14-13-15(22-4)9-10-18(14)23-20/h5-13H,1-4H3/t20-/m1/s1. The van der Waals surface area contributed by atoms with Crippen molar-refractivity contribution < 1.29 is 9.47 Å². The second-order valence-corrected chi connectivity index (χ2v) is 6.74. The maximum Gasteiger partial charge on any atom is 0.211 e. The van der Waals surface area contributed by atoms with E-state index in [1.807, 2.05) is 18.2 Å². The first kappa shape index (κ1) is 14.2. The molecule has 2 aliphatic rings. The highest BCUT2D eigenvalue weighted by Crippen LogP contribution is 2.54. The number of benzene rings is 2. The molecule has 0 aliphatic carbocycles. The number of fused-ring (bicyclic) bond motifs is 2. The summed E-state index contributed by atoms with van der Waals surface area (Å²) in [6.07, 6.45) is 4.32. The van der Waals surface area contributed by atoms with Gasteiger partial charge < -0.3 is 14.4 Å². The predicted octanol–water partition coefficient (Wildman–Crippen LogP) is 4.22. The number of para-hydroxylation sites is 1. The molecule has 0 N–H and O–H groups in total. The van der Waals surface area contributed by atoms with E-state index in [2.05, 4.69) is 62.2 Å². The molecule has 2 heterocycles. The quantitative estimate of drug-likeness (QED) is 0.787. The van der Waals surface area contributed by atoms with Crippen LogP contribution in [0.15, 0.2) is 48.5 Å². The zero-order chi connectivity index (χ0) is 16.2. The SMILES string of the molecule is COc1ccc2c(c1)C=C[C@]1(O2)N(C)c2ccccc2C1(C)C. The summed E-state index contributed by atoms with van der Waals surface area (Å²) >= 11 is 0. The van der Waals surface area contributed by atoms with E-state index in [1.165, 1.54) is 11.3 Å². The van der Waals surface area contributed by atoms with Gasteiger partial charge in [-0.05, 0) is 55.8 Å². The van der Waals surface area contributed by atoms with Gasteiger partial charge in [0.15, 0.2) is 0 Å². The first-order chi connectivity index (χ1) is 11.0. The molecule has 1 atom stereocenters. The van der Waals surface area contributed by atoms with Crippen LogP contribution in [0.4, 0.5) is 5.69 Å². The number of hydrogen-bond donors (Lipinski definition) is 0. The lowest BCUT2D eigenvalue weighted by molar-refractivity contribution is 0.0581. The van der Waals surface area contributed by atoms with Gasteiger partial charge in [0, 0.05) is 18.3 Å². The summed E-state index contributed by atoms with van der Waals surface area (Å²) in [7, 11) is 3.79. The zero-order valence-electron chi connectivity index (χ0n) is 14.0. The van der Waals surface area contributed by atoms with Gasteiger partial charge in [0.1, 0.15) is 11.5 Å². The normalized spacial score (nSPS) is 23.4. The van der Waals surface area contributed by atoms with Crippen molar-refractivity contribution >= 4 is 11.8 Å². The van der Waals surface area contributed by atoms with Gasteiger partial charge in [0.05, 0.1) is 12.5 Å². The lowest BCUT2D eigenvalue weighted by Crippen LogP contribution is -2.58. The van der Waals surface area contributed by atoms with Gasteiger partial charge in [0.25, 0.3) is 0 Å². The monoisotopic (exact) mass is 307 g/mol. The van der Waals surface area contributed by atoms with Crippen LogP contribution in [0.25, 0.3) is 6.08 Å². The number of ether oxygens (including phenoxy) is 2. The highest BCUT2D eigenvalue weighted by molar-refractivity contribution is 5.72. The van der Waals surface area contributed by atoms with E-state index in [1.54, 1.807) is 7.11 Å². The minimum absolute atomic E-state index is 0.160. The Morgan fingerprint density at radius 3 is 2.61 bits per heavy atom. The molecule has 3 heteroatoms. The Kier molecular flexibility index (Phi) is 2.80. The Hall–Kier alpha value is -2.42. The third-order valence-corrected chi connectivity index (χ3v) is 5.30. The fourth-order valence-corrected chi connectivity index (χ4v) is 3.88. The zero-order valence-corrected chi connectivity index (χ0v) is 14.0. The first-order valence-corrected chi connectivity index (χ1v) is 7.89. The molecule has 23 heavy (non-hydrogen) atoms. The minimum Gasteiger partial charge on any atom is -0.497 e. The van der Waals surface area contributed by atoms with Gasteiger partial charge in [-0.2, -0.15) is 0 Å². The van der Waals surface area contributed by atoms with E-state index in [4.69, 9.17) is 9.47 Å². The second-order valence-electron chi connectivity index (χ2n) is 6.74. The van der Waals surface area contributed by atoms with Gasteiger partial charge in [-0.15, -0.1) is 0 Å². The van der Waals surface area contributed by atoms with Gasteiger partial charge >= 0.3 is 0 Å². The number of rotatable bonds is 1. The number of methoxy groups -OCH3 is 1. The van der Waals surface area contributed by atoms with Crippen LogP contribution < -0.4 is 14.4 Å². The summed E-state index contributed by atoms with van der Waals surface area (Å²) in [6.45, 7) is 4.49. The Morgan fingerprint density at radius 1 is 1.09 bits per heavy atom. The van der Waals surface area contributed by atoms with Crippen LogP contribution >= 0.6 is 0 Å². The van der Waals surface area contributed by atoms with Crippen LogP contribution in [0.5, 0.6) is 11.5 Å². The lowest BCUT2D eigenvalue weighted by atomic mass is 9.76. The molecule has 2 aromatic carbocycles. The topological polar surface area (TPSA) is 21.7 Å². The fraction of sp³-hybridized carbons (Fsp3) is 0.300. The van der Waals surface area contributed by atoms with E-state index in [9.17, 15) is 0 Å². The van der Waals surface area contributed by atoms with Crippen molar-refractivity contribution in [2.24, 2.45) is 0 Å². The second kappa shape index (κ2) is 4.54. The van der Waals surface area contributed by atoms with Crippen molar-refractivity contribution in [1.82, 2.24) is 0 Å². The van der Waals surface area contributed by atoms with Crippen molar-refractivity contribution in [3.8, 4) is 11.5 Å². The van der Waals surface area contributed by atoms with Crippen molar-refractivity contribution in [2.45, 2.75) is 25.0 Å². The van der Waals surface area contributed by atoms with Gasteiger partial charge in [-0.3, -0.25) is 0 Å². The van der Waals surface area contributed by atoms with Crippen LogP contribution in [0.1, 0.15) is 25.0 Å². The minimum atomic E-state index is -0.516. The molecule has 1 spiro atoms. The molecule has 118 valence electrons. The van der Waals surface area contributed by atoms with Crippen LogP contribution in [-0.2, 0) is 5.41 Å². The van der Waals surface area contributed by atoms with E-state index >= 15 is 0 Å². The lowest BCUT2D eigenvalue weighted by Gasteiger charge is -2.45. The van der Waals surface area contributed by atoms with E-state index in [0.29, 0.717) is 0 Å². The van der Waals surface area contributed by atoms with Gasteiger partial charge in [0.2, 0.25) is 5.72 Å². The largest absolute Gasteiger partial charge is 0.497 e. The Balaban J connectivity index is 1.85. The molecular weight excluding hydrogens is 286 g/mol. The Bertz CT molecular complexity index is 809. The van der Waals surface area contributed by atoms with E-state index in [0.717, 1.165) is 17.1 Å². The highest BCUT2D eigenvalue weighted by Gasteiger charge is 2.57. The number of anilines is 1. The highest BCUT2D eigenvalue weighted by atomic mass is 16.5. The van der Waals surface area contributed by atoms with Crippen LogP contribution in [0, 0.1) is 0 Å². The number of nitrogens with zero attached hydrogens (tertiary/aromatic N) is 1. The van der Waals surface area contributed by atoms with Gasteiger partial charge in [-0.25, -0.2) is 0 Å². The fourth-order valence-electron chi connectivity index (χ4n) is 3.88. The Morgan fingerprint density at radius 2 is 1.87 bits per heavy atom. The molecule has 2 aromatic rings. The molecule has 3 nitrogen and oxygen atoms in total. The Labute approximate surface area is 137 Å². The van der Waals surface area contributed by atoms with E-state index < -0.39 is 5.72 Å². The van der Waals surface area contributed by atoms with Crippen molar-refractivity contribution in [3.63, 3.8) is 0 Å².